The smallest absolute Gasteiger partial charge is 0.120 e. The van der Waals surface area contributed by atoms with Crippen molar-refractivity contribution in [3.63, 3.8) is 0 Å². The summed E-state index contributed by atoms with van der Waals surface area (Å²) in [5.74, 6) is 2.65. The van der Waals surface area contributed by atoms with E-state index < -0.39 is 0 Å². The maximum Gasteiger partial charge on any atom is 0.120 e. The molecule has 1 saturated carbocycles. The van der Waals surface area contributed by atoms with Gasteiger partial charge in [0.2, 0.25) is 0 Å². The van der Waals surface area contributed by atoms with Gasteiger partial charge in [0.15, 0.2) is 0 Å². The van der Waals surface area contributed by atoms with Gasteiger partial charge in [-0.15, -0.1) is 0 Å². The lowest BCUT2D eigenvalue weighted by Crippen LogP contribution is -2.29. The minimum atomic E-state index is 0.230. The van der Waals surface area contributed by atoms with E-state index in [0.717, 1.165) is 17.6 Å². The molecule has 2 nitrogen and oxygen atoms in total. The second-order valence-corrected chi connectivity index (χ2v) is 7.16. The first-order valence-corrected chi connectivity index (χ1v) is 8.49. The summed E-state index contributed by atoms with van der Waals surface area (Å²) < 4.78 is 5.76. The minimum Gasteiger partial charge on any atom is -0.491 e. The highest BCUT2D eigenvalue weighted by molar-refractivity contribution is 5.54. The Hall–Kier alpha value is -1.18. The maximum absolute atomic E-state index is 5.76. The van der Waals surface area contributed by atoms with Gasteiger partial charge in [0, 0.05) is 11.7 Å². The topological polar surface area (TPSA) is 21.3 Å². The molecule has 0 spiro atoms. The number of nitrogens with one attached hydrogen (secondary N) is 1. The van der Waals surface area contributed by atoms with E-state index in [1.54, 1.807) is 0 Å². The summed E-state index contributed by atoms with van der Waals surface area (Å²) in [7, 11) is 0. The van der Waals surface area contributed by atoms with Gasteiger partial charge >= 0.3 is 0 Å². The molecule has 2 unspecified atom stereocenters. The number of ether oxygens (including phenoxy) is 1. The van der Waals surface area contributed by atoms with Crippen LogP contribution in [0.15, 0.2) is 18.2 Å². The summed E-state index contributed by atoms with van der Waals surface area (Å²) in [6.07, 6.45) is 5.59. The molecule has 1 fully saturated rings. The van der Waals surface area contributed by atoms with E-state index in [1.807, 2.05) is 0 Å². The third-order valence-electron chi connectivity index (χ3n) is 4.59. The van der Waals surface area contributed by atoms with Gasteiger partial charge < -0.3 is 10.1 Å². The van der Waals surface area contributed by atoms with Crippen LogP contribution in [0, 0.1) is 18.8 Å². The van der Waals surface area contributed by atoms with Crippen LogP contribution in [-0.4, -0.2) is 12.1 Å². The summed E-state index contributed by atoms with van der Waals surface area (Å²) in [4.78, 5) is 0. The molecule has 2 atom stereocenters. The molecule has 21 heavy (non-hydrogen) atoms. The number of hydrogen-bond acceptors (Lipinski definition) is 2. The molecule has 0 saturated heterocycles. The van der Waals surface area contributed by atoms with E-state index in [0.29, 0.717) is 6.04 Å². The van der Waals surface area contributed by atoms with Crippen LogP contribution in [0.3, 0.4) is 0 Å². The van der Waals surface area contributed by atoms with Gasteiger partial charge in [-0.05, 0) is 69.2 Å². The molecule has 1 aromatic carbocycles. The molecule has 1 aromatic rings. The molecule has 118 valence electrons. The van der Waals surface area contributed by atoms with E-state index >= 15 is 0 Å². The number of aryl methyl sites for hydroxylation is 1. The van der Waals surface area contributed by atoms with Crippen LogP contribution in [0.2, 0.25) is 0 Å². The Morgan fingerprint density at radius 2 is 1.90 bits per heavy atom. The molecular formula is C19H31NO. The van der Waals surface area contributed by atoms with Crippen LogP contribution in [0.5, 0.6) is 5.75 Å². The molecule has 0 aromatic heterocycles. The quantitative estimate of drug-likeness (QED) is 0.782. The molecular weight excluding hydrogens is 258 g/mol. The summed E-state index contributed by atoms with van der Waals surface area (Å²) in [5.41, 5.74) is 2.54. The van der Waals surface area contributed by atoms with Crippen molar-refractivity contribution in [2.75, 3.05) is 5.32 Å². The van der Waals surface area contributed by atoms with Gasteiger partial charge in [-0.2, -0.15) is 0 Å². The predicted molar refractivity (Wildman–Crippen MR) is 91.1 cm³/mol. The highest BCUT2D eigenvalue weighted by Gasteiger charge is 2.24. The number of hydrogen-bond donors (Lipinski definition) is 1. The van der Waals surface area contributed by atoms with E-state index in [9.17, 15) is 0 Å². The Morgan fingerprint density at radius 3 is 2.52 bits per heavy atom. The van der Waals surface area contributed by atoms with Gasteiger partial charge in [-0.3, -0.25) is 0 Å². The second kappa shape index (κ2) is 7.20. The Balaban J connectivity index is 1.99. The molecule has 0 heterocycles. The zero-order chi connectivity index (χ0) is 15.4. The zero-order valence-electron chi connectivity index (χ0n) is 14.3. The molecule has 0 aliphatic heterocycles. The lowest BCUT2D eigenvalue weighted by Gasteiger charge is -2.33. The Kier molecular flexibility index (Phi) is 5.55. The van der Waals surface area contributed by atoms with E-state index in [2.05, 4.69) is 58.1 Å². The predicted octanol–water partition coefficient (Wildman–Crippen LogP) is 5.41. The van der Waals surface area contributed by atoms with Crippen molar-refractivity contribution >= 4 is 5.69 Å². The number of benzene rings is 1. The lowest BCUT2D eigenvalue weighted by atomic mass is 9.79. The highest BCUT2D eigenvalue weighted by atomic mass is 16.5. The van der Waals surface area contributed by atoms with Gasteiger partial charge in [0.25, 0.3) is 0 Å². The monoisotopic (exact) mass is 289 g/mol. The van der Waals surface area contributed by atoms with Crippen LogP contribution in [0.25, 0.3) is 0 Å². The van der Waals surface area contributed by atoms with Crippen LogP contribution in [-0.2, 0) is 0 Å². The van der Waals surface area contributed by atoms with Crippen molar-refractivity contribution in [3.8, 4) is 5.75 Å². The summed E-state index contributed by atoms with van der Waals surface area (Å²) in [5, 5.41) is 3.76. The maximum atomic E-state index is 5.76. The average molecular weight is 289 g/mol. The first-order valence-electron chi connectivity index (χ1n) is 8.49. The fraction of sp³-hybridized carbons (Fsp3) is 0.684. The Morgan fingerprint density at radius 1 is 1.14 bits per heavy atom. The van der Waals surface area contributed by atoms with Gasteiger partial charge in [0.1, 0.15) is 5.75 Å². The Bertz CT molecular complexity index is 453. The zero-order valence-corrected chi connectivity index (χ0v) is 14.3. The molecule has 2 heteroatoms. The Labute approximate surface area is 130 Å². The lowest BCUT2D eigenvalue weighted by molar-refractivity contribution is 0.242. The summed E-state index contributed by atoms with van der Waals surface area (Å²) in [6.45, 7) is 11.0. The van der Waals surface area contributed by atoms with Crippen molar-refractivity contribution in [2.45, 2.75) is 72.4 Å². The molecule has 0 radical (unpaired) electrons. The standard InChI is InChI=1S/C19H31NO/c1-13(2)16-7-6-8-17(12-16)20-19-10-9-18(11-15(19)5)21-14(3)4/h9-11,13-14,16-17,20H,6-8,12H2,1-5H3. The molecule has 1 aliphatic rings. The fourth-order valence-electron chi connectivity index (χ4n) is 3.33. The average Bonchev–Trinajstić information content (AvgIpc) is 2.41. The van der Waals surface area contributed by atoms with E-state index in [-0.39, 0.29) is 6.10 Å². The van der Waals surface area contributed by atoms with Gasteiger partial charge in [-0.25, -0.2) is 0 Å². The SMILES string of the molecule is Cc1cc(OC(C)C)ccc1NC1CCCC(C(C)C)C1. The molecule has 1 N–H and O–H groups in total. The molecule has 1 aliphatic carbocycles. The first kappa shape index (κ1) is 16.2. The third kappa shape index (κ3) is 4.66. The van der Waals surface area contributed by atoms with E-state index in [1.165, 1.54) is 36.9 Å². The first-order chi connectivity index (χ1) is 9.95. The summed E-state index contributed by atoms with van der Waals surface area (Å²) in [6, 6.07) is 7.02. The van der Waals surface area contributed by atoms with Crippen LogP contribution < -0.4 is 10.1 Å². The largest absolute Gasteiger partial charge is 0.491 e. The van der Waals surface area contributed by atoms with Crippen LogP contribution >= 0.6 is 0 Å². The molecule has 0 amide bonds. The molecule has 2 rings (SSSR count). The van der Waals surface area contributed by atoms with Gasteiger partial charge in [0.05, 0.1) is 6.10 Å². The van der Waals surface area contributed by atoms with Crippen molar-refractivity contribution in [1.82, 2.24) is 0 Å². The normalized spacial score (nSPS) is 22.6. The van der Waals surface area contributed by atoms with Crippen molar-refractivity contribution in [3.05, 3.63) is 23.8 Å². The van der Waals surface area contributed by atoms with Crippen molar-refractivity contribution in [1.29, 1.82) is 0 Å². The van der Waals surface area contributed by atoms with E-state index in [4.69, 9.17) is 4.74 Å². The number of rotatable bonds is 5. The minimum absolute atomic E-state index is 0.230. The fourth-order valence-corrected chi connectivity index (χ4v) is 3.33. The van der Waals surface area contributed by atoms with Gasteiger partial charge in [-0.1, -0.05) is 26.7 Å². The number of anilines is 1. The van der Waals surface area contributed by atoms with Crippen molar-refractivity contribution < 1.29 is 4.74 Å². The highest BCUT2D eigenvalue weighted by Crippen LogP contribution is 2.32. The van der Waals surface area contributed by atoms with Crippen LogP contribution in [0.4, 0.5) is 5.69 Å². The second-order valence-electron chi connectivity index (χ2n) is 7.16. The molecule has 0 bridgehead atoms. The van der Waals surface area contributed by atoms with Crippen LogP contribution in [0.1, 0.15) is 58.9 Å². The third-order valence-corrected chi connectivity index (χ3v) is 4.59. The van der Waals surface area contributed by atoms with Crippen molar-refractivity contribution in [2.24, 2.45) is 11.8 Å². The summed E-state index contributed by atoms with van der Waals surface area (Å²) >= 11 is 0.